The monoisotopic (exact) mass is 252 g/mol. The van der Waals surface area contributed by atoms with E-state index in [-0.39, 0.29) is 12.0 Å². The van der Waals surface area contributed by atoms with E-state index in [2.05, 4.69) is 0 Å². The van der Waals surface area contributed by atoms with Gasteiger partial charge < -0.3 is 5.11 Å². The first kappa shape index (κ1) is 12.6. The number of rotatable bonds is 3. The highest BCUT2D eigenvalue weighted by atomic mass is 19.2. The molecule has 2 rings (SSSR count). The van der Waals surface area contributed by atoms with Gasteiger partial charge in [0.15, 0.2) is 11.6 Å². The minimum atomic E-state index is -1.07. The molecule has 0 aliphatic heterocycles. The summed E-state index contributed by atoms with van der Waals surface area (Å²) in [7, 11) is 0. The predicted molar refractivity (Wildman–Crippen MR) is 61.4 cm³/mol. The van der Waals surface area contributed by atoms with Gasteiger partial charge in [-0.2, -0.15) is 0 Å². The van der Waals surface area contributed by atoms with Crippen LogP contribution in [0.15, 0.2) is 42.5 Å². The summed E-state index contributed by atoms with van der Waals surface area (Å²) in [6, 6.07) is 9.17. The zero-order valence-corrected chi connectivity index (χ0v) is 9.41. The van der Waals surface area contributed by atoms with Crippen LogP contribution in [0.3, 0.4) is 0 Å². The molecule has 0 spiro atoms. The maximum Gasteiger partial charge on any atom is 0.162 e. The lowest BCUT2D eigenvalue weighted by Gasteiger charge is -2.12. The molecule has 1 unspecified atom stereocenters. The third-order valence-electron chi connectivity index (χ3n) is 2.68. The van der Waals surface area contributed by atoms with Crippen LogP contribution in [-0.4, -0.2) is 5.11 Å². The van der Waals surface area contributed by atoms with Crippen molar-refractivity contribution in [1.29, 1.82) is 0 Å². The van der Waals surface area contributed by atoms with Crippen LogP contribution >= 0.6 is 0 Å². The molecule has 0 aliphatic carbocycles. The molecular formula is C14H11F3O. The molecule has 2 aromatic rings. The van der Waals surface area contributed by atoms with Crippen molar-refractivity contribution in [1.82, 2.24) is 0 Å². The maximum absolute atomic E-state index is 13.4. The van der Waals surface area contributed by atoms with Gasteiger partial charge in [-0.15, -0.1) is 0 Å². The topological polar surface area (TPSA) is 20.2 Å². The molecule has 1 atom stereocenters. The van der Waals surface area contributed by atoms with E-state index in [1.165, 1.54) is 36.4 Å². The fraction of sp³-hybridized carbons (Fsp3) is 0.143. The Morgan fingerprint density at radius 2 is 1.72 bits per heavy atom. The largest absolute Gasteiger partial charge is 0.388 e. The molecule has 18 heavy (non-hydrogen) atoms. The minimum absolute atomic E-state index is 0.0618. The molecule has 0 heterocycles. The van der Waals surface area contributed by atoms with Gasteiger partial charge in [0.25, 0.3) is 0 Å². The van der Waals surface area contributed by atoms with E-state index < -0.39 is 23.6 Å². The van der Waals surface area contributed by atoms with Gasteiger partial charge in [-0.3, -0.25) is 0 Å². The first-order chi connectivity index (χ1) is 8.58. The van der Waals surface area contributed by atoms with E-state index in [9.17, 15) is 18.3 Å². The summed E-state index contributed by atoms with van der Waals surface area (Å²) in [4.78, 5) is 0. The van der Waals surface area contributed by atoms with Gasteiger partial charge in [0.2, 0.25) is 0 Å². The summed E-state index contributed by atoms with van der Waals surface area (Å²) in [5.74, 6) is -2.42. The second kappa shape index (κ2) is 5.23. The van der Waals surface area contributed by atoms with Gasteiger partial charge in [0, 0.05) is 6.42 Å². The number of aliphatic hydroxyl groups excluding tert-OH is 1. The van der Waals surface area contributed by atoms with Gasteiger partial charge in [-0.05, 0) is 29.3 Å². The number of aliphatic hydroxyl groups is 1. The molecule has 0 aromatic heterocycles. The summed E-state index contributed by atoms with van der Waals surface area (Å²) >= 11 is 0. The van der Waals surface area contributed by atoms with Gasteiger partial charge in [-0.1, -0.05) is 24.3 Å². The van der Waals surface area contributed by atoms with Crippen molar-refractivity contribution in [2.75, 3.05) is 0 Å². The maximum atomic E-state index is 13.4. The first-order valence-electron chi connectivity index (χ1n) is 5.44. The third kappa shape index (κ3) is 2.71. The zero-order valence-electron chi connectivity index (χ0n) is 9.41. The van der Waals surface area contributed by atoms with Crippen LogP contribution in [0.2, 0.25) is 0 Å². The molecule has 0 saturated carbocycles. The standard InChI is InChI=1S/C14H11F3O/c15-11-5-1-3-9(7-11)13(18)8-10-4-2-6-12(16)14(10)17/h1-7,13,18H,8H2. The normalized spacial score (nSPS) is 12.4. The van der Waals surface area contributed by atoms with Crippen LogP contribution < -0.4 is 0 Å². The molecule has 1 nitrogen and oxygen atoms in total. The lowest BCUT2D eigenvalue weighted by molar-refractivity contribution is 0.176. The average Bonchev–Trinajstić information content (AvgIpc) is 2.35. The van der Waals surface area contributed by atoms with Crippen LogP contribution in [0, 0.1) is 17.5 Å². The molecule has 2 aromatic carbocycles. The summed E-state index contributed by atoms with van der Waals surface area (Å²) in [5, 5.41) is 9.86. The fourth-order valence-corrected chi connectivity index (χ4v) is 1.75. The molecule has 0 radical (unpaired) electrons. The lowest BCUT2D eigenvalue weighted by Crippen LogP contribution is -2.05. The first-order valence-corrected chi connectivity index (χ1v) is 5.44. The fourth-order valence-electron chi connectivity index (χ4n) is 1.75. The van der Waals surface area contributed by atoms with E-state index >= 15 is 0 Å². The Bertz CT molecular complexity index is 554. The van der Waals surface area contributed by atoms with Crippen LogP contribution in [0.4, 0.5) is 13.2 Å². The summed E-state index contributed by atoms with van der Waals surface area (Å²) in [6.45, 7) is 0. The molecule has 1 N–H and O–H groups in total. The molecular weight excluding hydrogens is 241 g/mol. The number of hydrogen-bond acceptors (Lipinski definition) is 1. The Kier molecular flexibility index (Phi) is 3.67. The average molecular weight is 252 g/mol. The second-order valence-corrected chi connectivity index (χ2v) is 3.99. The van der Waals surface area contributed by atoms with Gasteiger partial charge in [0.1, 0.15) is 5.82 Å². The van der Waals surface area contributed by atoms with E-state index in [4.69, 9.17) is 0 Å². The molecule has 0 amide bonds. The Hall–Kier alpha value is -1.81. The van der Waals surface area contributed by atoms with Crippen LogP contribution in [0.1, 0.15) is 17.2 Å². The van der Waals surface area contributed by atoms with Crippen molar-refractivity contribution in [3.05, 3.63) is 71.0 Å². The quantitative estimate of drug-likeness (QED) is 0.887. The van der Waals surface area contributed by atoms with E-state index in [1.54, 1.807) is 0 Å². The van der Waals surface area contributed by atoms with Crippen molar-refractivity contribution in [3.8, 4) is 0 Å². The van der Waals surface area contributed by atoms with Crippen molar-refractivity contribution >= 4 is 0 Å². The summed E-state index contributed by atoms with van der Waals surface area (Å²) in [6.07, 6.45) is -1.18. The molecule has 94 valence electrons. The third-order valence-corrected chi connectivity index (χ3v) is 2.68. The predicted octanol–water partition coefficient (Wildman–Crippen LogP) is 3.38. The second-order valence-electron chi connectivity index (χ2n) is 3.99. The van der Waals surface area contributed by atoms with E-state index in [0.717, 1.165) is 6.07 Å². The van der Waals surface area contributed by atoms with Gasteiger partial charge in [-0.25, -0.2) is 13.2 Å². The van der Waals surface area contributed by atoms with Crippen LogP contribution in [0.5, 0.6) is 0 Å². The number of halogens is 3. The van der Waals surface area contributed by atoms with Crippen molar-refractivity contribution < 1.29 is 18.3 Å². The van der Waals surface area contributed by atoms with Crippen LogP contribution in [-0.2, 0) is 6.42 Å². The van der Waals surface area contributed by atoms with Crippen molar-refractivity contribution in [3.63, 3.8) is 0 Å². The zero-order chi connectivity index (χ0) is 13.1. The Balaban J connectivity index is 2.21. The summed E-state index contributed by atoms with van der Waals surface area (Å²) < 4.78 is 39.3. The lowest BCUT2D eigenvalue weighted by atomic mass is 10.0. The molecule has 4 heteroatoms. The Labute approximate surface area is 103 Å². The molecule has 0 fully saturated rings. The number of benzene rings is 2. The van der Waals surface area contributed by atoms with Crippen molar-refractivity contribution in [2.45, 2.75) is 12.5 Å². The van der Waals surface area contributed by atoms with Gasteiger partial charge >= 0.3 is 0 Å². The highest BCUT2D eigenvalue weighted by molar-refractivity contribution is 5.24. The number of hydrogen-bond donors (Lipinski definition) is 1. The van der Waals surface area contributed by atoms with E-state index in [0.29, 0.717) is 5.56 Å². The minimum Gasteiger partial charge on any atom is -0.388 e. The molecule has 0 bridgehead atoms. The van der Waals surface area contributed by atoms with Crippen LogP contribution in [0.25, 0.3) is 0 Å². The highest BCUT2D eigenvalue weighted by Gasteiger charge is 2.14. The van der Waals surface area contributed by atoms with Gasteiger partial charge in [0.05, 0.1) is 6.10 Å². The smallest absolute Gasteiger partial charge is 0.162 e. The van der Waals surface area contributed by atoms with E-state index in [1.807, 2.05) is 0 Å². The summed E-state index contributed by atoms with van der Waals surface area (Å²) in [5.41, 5.74) is 0.394. The molecule has 0 saturated heterocycles. The Morgan fingerprint density at radius 3 is 2.44 bits per heavy atom. The highest BCUT2D eigenvalue weighted by Crippen LogP contribution is 2.21. The SMILES string of the molecule is OC(Cc1cccc(F)c1F)c1cccc(F)c1. The molecule has 0 aliphatic rings. The Morgan fingerprint density at radius 1 is 1.00 bits per heavy atom. The van der Waals surface area contributed by atoms with Crippen molar-refractivity contribution in [2.24, 2.45) is 0 Å².